The normalized spacial score (nSPS) is 24.0. The molecule has 3 rings (SSSR count). The summed E-state index contributed by atoms with van der Waals surface area (Å²) < 4.78 is 0. The first kappa shape index (κ1) is 14.8. The molecule has 1 aliphatic heterocycles. The molecule has 1 unspecified atom stereocenters. The van der Waals surface area contributed by atoms with Crippen LogP contribution in [0.3, 0.4) is 0 Å². The number of nitrogens with two attached hydrogens (primary N) is 1. The first-order valence-electron chi connectivity index (χ1n) is 8.29. The van der Waals surface area contributed by atoms with Crippen LogP contribution >= 0.6 is 0 Å². The van der Waals surface area contributed by atoms with Gasteiger partial charge in [0.2, 0.25) is 5.95 Å². The lowest BCUT2D eigenvalue weighted by molar-refractivity contribution is 0.214. The Bertz CT molecular complexity index is 498. The average molecular weight is 288 g/mol. The molecule has 1 saturated heterocycles. The molecule has 116 valence electrons. The summed E-state index contributed by atoms with van der Waals surface area (Å²) in [6.07, 6.45) is 7.64. The van der Waals surface area contributed by atoms with E-state index in [1.165, 1.54) is 17.7 Å². The maximum atomic E-state index is 5.97. The van der Waals surface area contributed by atoms with Gasteiger partial charge in [0.1, 0.15) is 0 Å². The van der Waals surface area contributed by atoms with Crippen LogP contribution in [0.25, 0.3) is 0 Å². The molecule has 0 radical (unpaired) electrons. The number of piperidine rings is 1. The third-order valence-electron chi connectivity index (χ3n) is 5.18. The SMILES string of the molecule is CC(C)(C)C1CCc2nc(N3CCC(N)CC3)ncc2C1. The molecule has 1 aromatic rings. The number of rotatable bonds is 1. The molecule has 0 spiro atoms. The molecule has 2 N–H and O–H groups in total. The van der Waals surface area contributed by atoms with Crippen molar-refractivity contribution in [3.05, 3.63) is 17.5 Å². The van der Waals surface area contributed by atoms with E-state index in [2.05, 4.69) is 36.9 Å². The summed E-state index contributed by atoms with van der Waals surface area (Å²) in [5, 5.41) is 0. The molecule has 0 saturated carbocycles. The van der Waals surface area contributed by atoms with E-state index in [4.69, 9.17) is 10.7 Å². The van der Waals surface area contributed by atoms with Crippen LogP contribution in [-0.2, 0) is 12.8 Å². The van der Waals surface area contributed by atoms with Gasteiger partial charge >= 0.3 is 0 Å². The Hall–Kier alpha value is -1.16. The van der Waals surface area contributed by atoms with Crippen molar-refractivity contribution in [3.8, 4) is 0 Å². The van der Waals surface area contributed by atoms with Crippen LogP contribution in [0.5, 0.6) is 0 Å². The molecule has 21 heavy (non-hydrogen) atoms. The van der Waals surface area contributed by atoms with E-state index < -0.39 is 0 Å². The molecule has 1 fully saturated rings. The van der Waals surface area contributed by atoms with Crippen LogP contribution in [0, 0.1) is 11.3 Å². The molecule has 0 aromatic carbocycles. The van der Waals surface area contributed by atoms with Gasteiger partial charge in [-0.25, -0.2) is 9.97 Å². The monoisotopic (exact) mass is 288 g/mol. The Kier molecular flexibility index (Phi) is 3.91. The summed E-state index contributed by atoms with van der Waals surface area (Å²) in [4.78, 5) is 11.8. The van der Waals surface area contributed by atoms with Crippen molar-refractivity contribution in [2.45, 2.75) is 58.9 Å². The highest BCUT2D eigenvalue weighted by Crippen LogP contribution is 2.36. The van der Waals surface area contributed by atoms with Crippen LogP contribution < -0.4 is 10.6 Å². The lowest BCUT2D eigenvalue weighted by atomic mass is 9.72. The molecule has 1 atom stereocenters. The standard InChI is InChI=1S/C17H28N4/c1-17(2,3)13-4-5-15-12(10-13)11-19-16(20-15)21-8-6-14(18)7-9-21/h11,13-14H,4-10,18H2,1-3H3. The number of aromatic nitrogens is 2. The molecule has 0 bridgehead atoms. The second-order valence-corrected chi connectivity index (χ2v) is 7.77. The molecule has 0 amide bonds. The van der Waals surface area contributed by atoms with E-state index in [1.54, 1.807) is 0 Å². The zero-order valence-corrected chi connectivity index (χ0v) is 13.6. The van der Waals surface area contributed by atoms with Gasteiger partial charge < -0.3 is 10.6 Å². The van der Waals surface area contributed by atoms with Crippen molar-refractivity contribution in [1.82, 2.24) is 9.97 Å². The molecular weight excluding hydrogens is 260 g/mol. The van der Waals surface area contributed by atoms with Crippen molar-refractivity contribution in [2.75, 3.05) is 18.0 Å². The topological polar surface area (TPSA) is 55.0 Å². The highest BCUT2D eigenvalue weighted by Gasteiger charge is 2.30. The number of hydrogen-bond acceptors (Lipinski definition) is 4. The maximum Gasteiger partial charge on any atom is 0.225 e. The number of fused-ring (bicyclic) bond motifs is 1. The molecular formula is C17H28N4. The van der Waals surface area contributed by atoms with E-state index >= 15 is 0 Å². The van der Waals surface area contributed by atoms with E-state index in [-0.39, 0.29) is 0 Å². The van der Waals surface area contributed by atoms with Gasteiger partial charge in [-0.3, -0.25) is 0 Å². The van der Waals surface area contributed by atoms with Gasteiger partial charge in [0, 0.05) is 31.0 Å². The van der Waals surface area contributed by atoms with Gasteiger partial charge in [-0.2, -0.15) is 0 Å². The zero-order valence-electron chi connectivity index (χ0n) is 13.6. The van der Waals surface area contributed by atoms with Crippen molar-refractivity contribution >= 4 is 5.95 Å². The number of hydrogen-bond donors (Lipinski definition) is 1. The Morgan fingerprint density at radius 2 is 1.90 bits per heavy atom. The van der Waals surface area contributed by atoms with E-state index in [0.29, 0.717) is 11.5 Å². The highest BCUT2D eigenvalue weighted by atomic mass is 15.3. The lowest BCUT2D eigenvalue weighted by Crippen LogP contribution is -2.40. The zero-order chi connectivity index (χ0) is 15.0. The largest absolute Gasteiger partial charge is 0.341 e. The van der Waals surface area contributed by atoms with Gasteiger partial charge in [-0.15, -0.1) is 0 Å². The van der Waals surface area contributed by atoms with E-state index in [1.807, 2.05) is 0 Å². The first-order valence-corrected chi connectivity index (χ1v) is 8.29. The quantitative estimate of drug-likeness (QED) is 0.863. The Morgan fingerprint density at radius 3 is 2.57 bits per heavy atom. The van der Waals surface area contributed by atoms with Gasteiger partial charge in [-0.1, -0.05) is 20.8 Å². The predicted octanol–water partition coefficient (Wildman–Crippen LogP) is 2.56. The summed E-state index contributed by atoms with van der Waals surface area (Å²) in [6, 6.07) is 0.353. The van der Waals surface area contributed by atoms with Gasteiger partial charge in [0.25, 0.3) is 0 Å². The fourth-order valence-electron chi connectivity index (χ4n) is 3.49. The minimum atomic E-state index is 0.353. The molecule has 2 aliphatic rings. The fourth-order valence-corrected chi connectivity index (χ4v) is 3.49. The van der Waals surface area contributed by atoms with Crippen molar-refractivity contribution in [1.29, 1.82) is 0 Å². The van der Waals surface area contributed by atoms with Gasteiger partial charge in [0.15, 0.2) is 0 Å². The number of nitrogens with zero attached hydrogens (tertiary/aromatic N) is 3. The minimum absolute atomic E-state index is 0.353. The average Bonchev–Trinajstić information content (AvgIpc) is 2.46. The van der Waals surface area contributed by atoms with Crippen LogP contribution in [0.4, 0.5) is 5.95 Å². The maximum absolute atomic E-state index is 5.97. The molecule has 2 heterocycles. The minimum Gasteiger partial charge on any atom is -0.341 e. The van der Waals surface area contributed by atoms with Crippen LogP contribution in [0.15, 0.2) is 6.20 Å². The Morgan fingerprint density at radius 1 is 1.19 bits per heavy atom. The molecule has 4 heteroatoms. The van der Waals surface area contributed by atoms with E-state index in [9.17, 15) is 0 Å². The van der Waals surface area contributed by atoms with Gasteiger partial charge in [0.05, 0.1) is 0 Å². The number of anilines is 1. The van der Waals surface area contributed by atoms with Crippen LogP contribution in [-0.4, -0.2) is 29.1 Å². The van der Waals surface area contributed by atoms with Crippen LogP contribution in [0.2, 0.25) is 0 Å². The summed E-state index contributed by atoms with van der Waals surface area (Å²) in [5.41, 5.74) is 8.98. The smallest absolute Gasteiger partial charge is 0.225 e. The molecule has 1 aromatic heterocycles. The van der Waals surface area contributed by atoms with Gasteiger partial charge in [-0.05, 0) is 49.0 Å². The number of aryl methyl sites for hydroxylation is 1. The second-order valence-electron chi connectivity index (χ2n) is 7.77. The van der Waals surface area contributed by atoms with Crippen LogP contribution in [0.1, 0.15) is 51.3 Å². The summed E-state index contributed by atoms with van der Waals surface area (Å²) >= 11 is 0. The molecule has 4 nitrogen and oxygen atoms in total. The highest BCUT2D eigenvalue weighted by molar-refractivity contribution is 5.35. The second kappa shape index (κ2) is 5.56. The third kappa shape index (κ3) is 3.20. The summed E-state index contributed by atoms with van der Waals surface area (Å²) in [6.45, 7) is 9.01. The van der Waals surface area contributed by atoms with E-state index in [0.717, 1.165) is 50.6 Å². The predicted molar refractivity (Wildman–Crippen MR) is 86.4 cm³/mol. The lowest BCUT2D eigenvalue weighted by Gasteiger charge is -2.35. The summed E-state index contributed by atoms with van der Waals surface area (Å²) in [7, 11) is 0. The van der Waals surface area contributed by atoms with Crippen molar-refractivity contribution in [2.24, 2.45) is 17.1 Å². The molecule has 1 aliphatic carbocycles. The van der Waals surface area contributed by atoms with Crippen molar-refractivity contribution < 1.29 is 0 Å². The van der Waals surface area contributed by atoms with Crippen molar-refractivity contribution in [3.63, 3.8) is 0 Å². The first-order chi connectivity index (χ1) is 9.93. The fraction of sp³-hybridized carbons (Fsp3) is 0.765. The Balaban J connectivity index is 1.74. The third-order valence-corrected chi connectivity index (χ3v) is 5.18. The summed E-state index contributed by atoms with van der Waals surface area (Å²) in [5.74, 6) is 1.65. The Labute approximate surface area is 128 Å².